The van der Waals surface area contributed by atoms with E-state index in [1.165, 1.54) is 0 Å². The molecule has 96 valence electrons. The van der Waals surface area contributed by atoms with Gasteiger partial charge in [-0.2, -0.15) is 5.10 Å². The number of aryl methyl sites for hydroxylation is 2. The Morgan fingerprint density at radius 3 is 2.78 bits per heavy atom. The Labute approximate surface area is 115 Å². The van der Waals surface area contributed by atoms with Gasteiger partial charge in [-0.1, -0.05) is 25.5 Å². The molecule has 1 aromatic heterocycles. The average molecular weight is 309 g/mol. The number of anilines is 3. The highest BCUT2D eigenvalue weighted by Gasteiger charge is 2.13. The predicted molar refractivity (Wildman–Crippen MR) is 79.0 cm³/mol. The monoisotopic (exact) mass is 308 g/mol. The van der Waals surface area contributed by atoms with E-state index in [2.05, 4.69) is 33.3 Å². The summed E-state index contributed by atoms with van der Waals surface area (Å²) in [6.45, 7) is 2.12. The molecule has 0 spiro atoms. The first kappa shape index (κ1) is 13.0. The number of nitrogens with two attached hydrogens (primary N) is 1. The Bertz CT molecular complexity index is 548. The number of hydrogen-bond acceptors (Lipinski definition) is 3. The van der Waals surface area contributed by atoms with E-state index in [1.54, 1.807) is 4.68 Å². The van der Waals surface area contributed by atoms with Crippen molar-refractivity contribution in [3.8, 4) is 0 Å². The van der Waals surface area contributed by atoms with E-state index in [0.29, 0.717) is 0 Å². The molecule has 4 nitrogen and oxygen atoms in total. The molecule has 2 aromatic rings. The van der Waals surface area contributed by atoms with Crippen LogP contribution in [-0.4, -0.2) is 9.78 Å². The lowest BCUT2D eigenvalue weighted by Gasteiger charge is -2.09. The highest BCUT2D eigenvalue weighted by molar-refractivity contribution is 9.10. The fraction of sp³-hybridized carbons (Fsp3) is 0.308. The molecule has 18 heavy (non-hydrogen) atoms. The van der Waals surface area contributed by atoms with Crippen LogP contribution in [0.2, 0.25) is 0 Å². The van der Waals surface area contributed by atoms with Gasteiger partial charge in [-0.05, 0) is 34.5 Å². The Hall–Kier alpha value is -1.49. The van der Waals surface area contributed by atoms with E-state index in [9.17, 15) is 0 Å². The number of halogens is 1. The third-order valence-electron chi connectivity index (χ3n) is 2.77. The first-order valence-electron chi connectivity index (χ1n) is 5.96. The van der Waals surface area contributed by atoms with Crippen LogP contribution in [0.1, 0.15) is 19.0 Å². The lowest BCUT2D eigenvalue weighted by Crippen LogP contribution is -2.01. The Morgan fingerprint density at radius 1 is 1.39 bits per heavy atom. The summed E-state index contributed by atoms with van der Waals surface area (Å²) < 4.78 is 2.79. The van der Waals surface area contributed by atoms with Crippen molar-refractivity contribution in [1.29, 1.82) is 0 Å². The molecule has 0 aliphatic carbocycles. The Morgan fingerprint density at radius 2 is 2.11 bits per heavy atom. The molecule has 0 radical (unpaired) electrons. The fourth-order valence-electron chi connectivity index (χ4n) is 1.86. The molecule has 0 unspecified atom stereocenters. The van der Waals surface area contributed by atoms with Gasteiger partial charge < -0.3 is 11.1 Å². The second-order valence-electron chi connectivity index (χ2n) is 4.19. The maximum absolute atomic E-state index is 6.13. The summed E-state index contributed by atoms with van der Waals surface area (Å²) >= 11 is 3.51. The lowest BCUT2D eigenvalue weighted by molar-refractivity contribution is 0.740. The first-order valence-corrected chi connectivity index (χ1v) is 6.75. The number of rotatable bonds is 4. The number of nitrogen functional groups attached to an aromatic ring is 1. The van der Waals surface area contributed by atoms with Crippen molar-refractivity contribution in [3.05, 3.63) is 34.4 Å². The van der Waals surface area contributed by atoms with E-state index >= 15 is 0 Å². The van der Waals surface area contributed by atoms with Crippen LogP contribution in [0.3, 0.4) is 0 Å². The fourth-order valence-corrected chi connectivity index (χ4v) is 2.24. The summed E-state index contributed by atoms with van der Waals surface area (Å²) in [4.78, 5) is 0. The molecule has 1 aromatic carbocycles. The molecule has 2 rings (SSSR count). The van der Waals surface area contributed by atoms with Crippen molar-refractivity contribution in [2.75, 3.05) is 11.1 Å². The predicted octanol–water partition coefficient (Wildman–Crippen LogP) is 3.46. The summed E-state index contributed by atoms with van der Waals surface area (Å²) in [6.07, 6.45) is 1.94. The van der Waals surface area contributed by atoms with Crippen molar-refractivity contribution in [1.82, 2.24) is 9.78 Å². The van der Waals surface area contributed by atoms with Crippen molar-refractivity contribution in [2.45, 2.75) is 19.8 Å². The molecule has 0 atom stereocenters. The van der Waals surface area contributed by atoms with Gasteiger partial charge in [-0.3, -0.25) is 4.68 Å². The van der Waals surface area contributed by atoms with Crippen LogP contribution in [0.5, 0.6) is 0 Å². The minimum atomic E-state index is 0.732. The molecule has 0 saturated carbocycles. The molecule has 0 amide bonds. The van der Waals surface area contributed by atoms with Crippen molar-refractivity contribution >= 4 is 33.1 Å². The SMILES string of the molecule is CCCc1nn(C)c(Nc2ccccc2Br)c1N. The number of benzene rings is 1. The highest BCUT2D eigenvalue weighted by Crippen LogP contribution is 2.30. The number of aromatic nitrogens is 2. The van der Waals surface area contributed by atoms with Gasteiger partial charge in [0.15, 0.2) is 5.82 Å². The molecule has 3 N–H and O–H groups in total. The first-order chi connectivity index (χ1) is 8.63. The van der Waals surface area contributed by atoms with Crippen LogP contribution >= 0.6 is 15.9 Å². The van der Waals surface area contributed by atoms with E-state index in [4.69, 9.17) is 5.73 Å². The minimum Gasteiger partial charge on any atom is -0.394 e. The van der Waals surface area contributed by atoms with Gasteiger partial charge in [0, 0.05) is 11.5 Å². The summed E-state index contributed by atoms with van der Waals surface area (Å²) in [5.74, 6) is 0.838. The summed E-state index contributed by atoms with van der Waals surface area (Å²) in [5, 5.41) is 7.76. The molecular formula is C13H17BrN4. The van der Waals surface area contributed by atoms with Crippen LogP contribution < -0.4 is 11.1 Å². The summed E-state index contributed by atoms with van der Waals surface area (Å²) in [5.41, 5.74) is 8.79. The molecule has 0 fully saturated rings. The van der Waals surface area contributed by atoms with Gasteiger partial charge in [0.1, 0.15) is 0 Å². The molecule has 0 aliphatic heterocycles. The van der Waals surface area contributed by atoms with Gasteiger partial charge in [0.25, 0.3) is 0 Å². The number of para-hydroxylation sites is 1. The van der Waals surface area contributed by atoms with Gasteiger partial charge in [0.2, 0.25) is 0 Å². The van der Waals surface area contributed by atoms with Crippen LogP contribution in [0.4, 0.5) is 17.2 Å². The van der Waals surface area contributed by atoms with E-state index in [1.807, 2.05) is 31.3 Å². The van der Waals surface area contributed by atoms with Crippen LogP contribution in [0.15, 0.2) is 28.7 Å². The summed E-state index contributed by atoms with van der Waals surface area (Å²) in [7, 11) is 1.90. The zero-order valence-corrected chi connectivity index (χ0v) is 12.2. The van der Waals surface area contributed by atoms with Crippen LogP contribution in [0, 0.1) is 0 Å². The largest absolute Gasteiger partial charge is 0.394 e. The van der Waals surface area contributed by atoms with Gasteiger partial charge in [0.05, 0.1) is 17.1 Å². The van der Waals surface area contributed by atoms with Crippen LogP contribution in [0.25, 0.3) is 0 Å². The van der Waals surface area contributed by atoms with Crippen molar-refractivity contribution < 1.29 is 0 Å². The second-order valence-corrected chi connectivity index (χ2v) is 5.04. The Balaban J connectivity index is 2.32. The highest BCUT2D eigenvalue weighted by atomic mass is 79.9. The smallest absolute Gasteiger partial charge is 0.152 e. The van der Waals surface area contributed by atoms with Gasteiger partial charge >= 0.3 is 0 Å². The molecule has 1 heterocycles. The maximum Gasteiger partial charge on any atom is 0.152 e. The standard InChI is InChI=1S/C13H17BrN4/c1-3-6-11-12(15)13(18(2)17-11)16-10-8-5-4-7-9(10)14/h4-5,7-8,16H,3,6,15H2,1-2H3. The van der Waals surface area contributed by atoms with Crippen LogP contribution in [-0.2, 0) is 13.5 Å². The molecule has 0 saturated heterocycles. The topological polar surface area (TPSA) is 55.9 Å². The van der Waals surface area contributed by atoms with Crippen molar-refractivity contribution in [3.63, 3.8) is 0 Å². The van der Waals surface area contributed by atoms with E-state index < -0.39 is 0 Å². The maximum atomic E-state index is 6.13. The van der Waals surface area contributed by atoms with E-state index in [0.717, 1.165) is 40.2 Å². The molecular weight excluding hydrogens is 292 g/mol. The minimum absolute atomic E-state index is 0.732. The molecule has 0 bridgehead atoms. The van der Waals surface area contributed by atoms with E-state index in [-0.39, 0.29) is 0 Å². The third-order valence-corrected chi connectivity index (χ3v) is 3.47. The normalized spacial score (nSPS) is 10.6. The zero-order valence-electron chi connectivity index (χ0n) is 10.6. The molecule has 5 heteroatoms. The molecule has 0 aliphatic rings. The third kappa shape index (κ3) is 2.51. The average Bonchev–Trinajstić information content (AvgIpc) is 2.60. The zero-order chi connectivity index (χ0) is 13.1. The lowest BCUT2D eigenvalue weighted by atomic mass is 10.2. The number of nitrogens with one attached hydrogen (secondary N) is 1. The van der Waals surface area contributed by atoms with Crippen molar-refractivity contribution in [2.24, 2.45) is 7.05 Å². The second kappa shape index (κ2) is 5.44. The number of nitrogens with zero attached hydrogens (tertiary/aromatic N) is 2. The quantitative estimate of drug-likeness (QED) is 0.909. The number of hydrogen-bond donors (Lipinski definition) is 2. The van der Waals surface area contributed by atoms with Gasteiger partial charge in [-0.15, -0.1) is 0 Å². The Kier molecular flexibility index (Phi) is 3.91. The summed E-state index contributed by atoms with van der Waals surface area (Å²) in [6, 6.07) is 7.94. The van der Waals surface area contributed by atoms with Gasteiger partial charge in [-0.25, -0.2) is 0 Å².